The number of carbonyl (C=O) groups excluding carboxylic acids is 1. The van der Waals surface area contributed by atoms with Gasteiger partial charge in [0.1, 0.15) is 18.7 Å². The monoisotopic (exact) mass is 339 g/mol. The van der Waals surface area contributed by atoms with Crippen molar-refractivity contribution in [2.75, 3.05) is 5.32 Å². The zero-order chi connectivity index (χ0) is 17.9. The van der Waals surface area contributed by atoms with E-state index in [1.807, 2.05) is 0 Å². The molecular weight excluding hydrogens is 318 g/mol. The van der Waals surface area contributed by atoms with Gasteiger partial charge in [-0.1, -0.05) is 45.0 Å². The first-order valence-corrected chi connectivity index (χ1v) is 8.04. The topological polar surface area (TPSA) is 90.5 Å². The average Bonchev–Trinajstić information content (AvgIpc) is 3.20. The van der Waals surface area contributed by atoms with Crippen LogP contribution in [0.15, 0.2) is 42.9 Å². The molecule has 130 valence electrons. The number of aromatic nitrogens is 6. The Balaban J connectivity index is 1.66. The lowest BCUT2D eigenvalue weighted by molar-refractivity contribution is -0.117. The van der Waals surface area contributed by atoms with Gasteiger partial charge in [-0.25, -0.2) is 9.36 Å². The molecule has 0 radical (unpaired) electrons. The van der Waals surface area contributed by atoms with Crippen LogP contribution < -0.4 is 5.32 Å². The van der Waals surface area contributed by atoms with Gasteiger partial charge in [0.2, 0.25) is 5.91 Å². The maximum Gasteiger partial charge on any atom is 0.247 e. The molecule has 1 amide bonds. The van der Waals surface area contributed by atoms with Crippen molar-refractivity contribution in [2.24, 2.45) is 0 Å². The van der Waals surface area contributed by atoms with Crippen molar-refractivity contribution >= 4 is 11.7 Å². The van der Waals surface area contributed by atoms with E-state index < -0.39 is 0 Å². The summed E-state index contributed by atoms with van der Waals surface area (Å²) in [4.78, 5) is 12.1. The number of nitrogens with one attached hydrogen (secondary N) is 1. The van der Waals surface area contributed by atoms with Crippen LogP contribution in [0.4, 0.5) is 5.82 Å². The van der Waals surface area contributed by atoms with Gasteiger partial charge >= 0.3 is 0 Å². The average molecular weight is 339 g/mol. The van der Waals surface area contributed by atoms with E-state index in [0.29, 0.717) is 12.4 Å². The summed E-state index contributed by atoms with van der Waals surface area (Å²) >= 11 is 0. The molecule has 0 saturated heterocycles. The summed E-state index contributed by atoms with van der Waals surface area (Å²) in [6.45, 7) is 7.20. The first-order valence-electron chi connectivity index (χ1n) is 8.04. The van der Waals surface area contributed by atoms with Crippen LogP contribution in [0.5, 0.6) is 0 Å². The zero-order valence-electron chi connectivity index (χ0n) is 14.5. The van der Waals surface area contributed by atoms with Crippen LogP contribution in [0, 0.1) is 0 Å². The molecule has 3 rings (SSSR count). The molecular formula is C17H21N7O. The highest BCUT2D eigenvalue weighted by Crippen LogP contribution is 2.22. The number of carbonyl (C=O) groups is 1. The fourth-order valence-corrected chi connectivity index (χ4v) is 2.43. The lowest BCUT2D eigenvalue weighted by Crippen LogP contribution is -2.21. The SMILES string of the molecule is CC(C)(C)c1ccc(Cn2nccc2NC(=O)Cn2cnnn2)cc1. The largest absolute Gasteiger partial charge is 0.309 e. The summed E-state index contributed by atoms with van der Waals surface area (Å²) in [5.74, 6) is 0.426. The van der Waals surface area contributed by atoms with Gasteiger partial charge < -0.3 is 5.32 Å². The third-order valence-corrected chi connectivity index (χ3v) is 3.83. The first-order chi connectivity index (χ1) is 11.9. The maximum absolute atomic E-state index is 12.1. The van der Waals surface area contributed by atoms with E-state index in [4.69, 9.17) is 0 Å². The molecule has 0 fully saturated rings. The fourth-order valence-electron chi connectivity index (χ4n) is 2.43. The molecule has 0 aliphatic heterocycles. The minimum atomic E-state index is -0.211. The fraction of sp³-hybridized carbons (Fsp3) is 0.353. The molecule has 0 aliphatic carbocycles. The van der Waals surface area contributed by atoms with E-state index in [9.17, 15) is 4.79 Å². The summed E-state index contributed by atoms with van der Waals surface area (Å²) in [6.07, 6.45) is 3.06. The lowest BCUT2D eigenvalue weighted by atomic mass is 9.87. The molecule has 3 aromatic rings. The van der Waals surface area contributed by atoms with Crippen molar-refractivity contribution in [1.29, 1.82) is 0 Å². The highest BCUT2D eigenvalue weighted by Gasteiger charge is 2.13. The summed E-state index contributed by atoms with van der Waals surface area (Å²) in [5.41, 5.74) is 2.53. The van der Waals surface area contributed by atoms with Crippen LogP contribution >= 0.6 is 0 Å². The van der Waals surface area contributed by atoms with E-state index >= 15 is 0 Å². The lowest BCUT2D eigenvalue weighted by Gasteiger charge is -2.19. The van der Waals surface area contributed by atoms with Gasteiger partial charge in [0, 0.05) is 6.07 Å². The standard InChI is InChI=1S/C17H21N7O/c1-17(2,3)14-6-4-13(5-7-14)10-24-15(8-9-19-24)20-16(25)11-23-12-18-21-22-23/h4-9,12H,10-11H2,1-3H3,(H,20,25). The van der Waals surface area contributed by atoms with E-state index in [-0.39, 0.29) is 17.9 Å². The predicted octanol–water partition coefficient (Wildman–Crippen LogP) is 1.85. The van der Waals surface area contributed by atoms with Crippen molar-refractivity contribution in [1.82, 2.24) is 30.0 Å². The van der Waals surface area contributed by atoms with Gasteiger partial charge in [0.15, 0.2) is 0 Å². The molecule has 0 unspecified atom stereocenters. The highest BCUT2D eigenvalue weighted by molar-refractivity contribution is 5.89. The van der Waals surface area contributed by atoms with Crippen LogP contribution in [-0.2, 0) is 23.3 Å². The molecule has 2 heterocycles. The van der Waals surface area contributed by atoms with Gasteiger partial charge in [-0.05, 0) is 27.0 Å². The van der Waals surface area contributed by atoms with Crippen molar-refractivity contribution < 1.29 is 4.79 Å². The molecule has 8 nitrogen and oxygen atoms in total. The van der Waals surface area contributed by atoms with Crippen molar-refractivity contribution in [3.8, 4) is 0 Å². The summed E-state index contributed by atoms with van der Waals surface area (Å²) in [5, 5.41) is 17.8. The normalized spacial score (nSPS) is 11.5. The van der Waals surface area contributed by atoms with Gasteiger partial charge in [-0.2, -0.15) is 5.10 Å². The number of rotatable bonds is 5. The van der Waals surface area contributed by atoms with Crippen molar-refractivity contribution in [3.63, 3.8) is 0 Å². The third-order valence-electron chi connectivity index (χ3n) is 3.83. The number of hydrogen-bond donors (Lipinski definition) is 1. The number of tetrazole rings is 1. The Morgan fingerprint density at radius 3 is 2.56 bits per heavy atom. The minimum Gasteiger partial charge on any atom is -0.309 e. The number of hydrogen-bond acceptors (Lipinski definition) is 5. The zero-order valence-corrected chi connectivity index (χ0v) is 14.5. The molecule has 8 heteroatoms. The first kappa shape index (κ1) is 16.8. The predicted molar refractivity (Wildman–Crippen MR) is 92.9 cm³/mol. The van der Waals surface area contributed by atoms with Crippen LogP contribution in [0.25, 0.3) is 0 Å². The molecule has 0 saturated carbocycles. The van der Waals surface area contributed by atoms with Gasteiger partial charge in [-0.3, -0.25) is 4.79 Å². The summed E-state index contributed by atoms with van der Waals surface area (Å²) in [6, 6.07) is 10.2. The Hall–Kier alpha value is -3.03. The molecule has 25 heavy (non-hydrogen) atoms. The Labute approximate surface area is 145 Å². The Morgan fingerprint density at radius 1 is 1.16 bits per heavy atom. The van der Waals surface area contributed by atoms with Gasteiger partial charge in [0.25, 0.3) is 0 Å². The van der Waals surface area contributed by atoms with E-state index in [1.54, 1.807) is 16.9 Å². The molecule has 0 bridgehead atoms. The highest BCUT2D eigenvalue weighted by atomic mass is 16.2. The third kappa shape index (κ3) is 4.28. The van der Waals surface area contributed by atoms with E-state index in [1.165, 1.54) is 16.6 Å². The van der Waals surface area contributed by atoms with Crippen LogP contribution in [0.3, 0.4) is 0 Å². The second kappa shape index (κ2) is 6.84. The van der Waals surface area contributed by atoms with E-state index in [0.717, 1.165) is 5.56 Å². The molecule has 2 aromatic heterocycles. The second-order valence-electron chi connectivity index (χ2n) is 6.88. The van der Waals surface area contributed by atoms with E-state index in [2.05, 4.69) is 71.0 Å². The van der Waals surface area contributed by atoms with Crippen molar-refractivity contribution in [2.45, 2.75) is 39.3 Å². The molecule has 1 aromatic carbocycles. The maximum atomic E-state index is 12.1. The number of benzene rings is 1. The van der Waals surface area contributed by atoms with Crippen LogP contribution in [0.1, 0.15) is 31.9 Å². The Bertz CT molecular complexity index is 829. The number of nitrogens with zero attached hydrogens (tertiary/aromatic N) is 6. The van der Waals surface area contributed by atoms with Gasteiger partial charge in [-0.15, -0.1) is 5.10 Å². The van der Waals surface area contributed by atoms with Crippen molar-refractivity contribution in [3.05, 3.63) is 54.0 Å². The molecule has 0 atom stereocenters. The second-order valence-corrected chi connectivity index (χ2v) is 6.88. The van der Waals surface area contributed by atoms with Crippen LogP contribution in [-0.4, -0.2) is 35.9 Å². The minimum absolute atomic E-state index is 0.0540. The molecule has 0 aliphatic rings. The van der Waals surface area contributed by atoms with Crippen LogP contribution in [0.2, 0.25) is 0 Å². The van der Waals surface area contributed by atoms with Gasteiger partial charge in [0.05, 0.1) is 12.7 Å². The Kier molecular flexibility index (Phi) is 4.60. The smallest absolute Gasteiger partial charge is 0.247 e. The summed E-state index contributed by atoms with van der Waals surface area (Å²) in [7, 11) is 0. The number of anilines is 1. The summed E-state index contributed by atoms with van der Waals surface area (Å²) < 4.78 is 3.12. The molecule has 1 N–H and O–H groups in total. The molecule has 0 spiro atoms. The number of amides is 1. The quantitative estimate of drug-likeness (QED) is 0.766. The Morgan fingerprint density at radius 2 is 1.92 bits per heavy atom.